The largest absolute Gasteiger partial charge is 0.511 e. The Kier molecular flexibility index (Phi) is 9.12. The Bertz CT molecular complexity index is 756. The molecule has 6 heteroatoms. The maximum atomic E-state index is 11.8. The molecule has 0 bridgehead atoms. The number of hydrogen-bond donors (Lipinski definition) is 2. The first-order chi connectivity index (χ1) is 13.3. The van der Waals surface area contributed by atoms with Crippen LogP contribution in [0.1, 0.15) is 60.8 Å². The maximum Gasteiger partial charge on any atom is 0.511 e. The molecule has 5 nitrogen and oxygen atoms in total. The number of aliphatic hydroxyl groups excluding tert-OH is 1. The van der Waals surface area contributed by atoms with E-state index < -0.39 is 26.5 Å². The van der Waals surface area contributed by atoms with Gasteiger partial charge in [-0.05, 0) is 41.9 Å². The Morgan fingerprint density at radius 1 is 1.29 bits per heavy atom. The van der Waals surface area contributed by atoms with Gasteiger partial charge in [0.25, 0.3) is 0 Å². The highest BCUT2D eigenvalue weighted by Crippen LogP contribution is 2.29. The Labute approximate surface area is 168 Å². The number of aliphatic hydroxyl groups is 1. The minimum Gasteiger partial charge on any atom is -0.481 e. The van der Waals surface area contributed by atoms with E-state index in [2.05, 4.69) is 37.8 Å². The van der Waals surface area contributed by atoms with Crippen LogP contribution in [-0.2, 0) is 20.3 Å². The number of aliphatic carboxylic acids is 1. The fourth-order valence-electron chi connectivity index (χ4n) is 3.82. The van der Waals surface area contributed by atoms with Gasteiger partial charge in [0.15, 0.2) is 6.61 Å². The van der Waals surface area contributed by atoms with Gasteiger partial charge in [0.2, 0.25) is 6.16 Å². The number of rotatable bonds is 8. The average Bonchev–Trinajstić information content (AvgIpc) is 2.60. The lowest BCUT2D eigenvalue weighted by molar-refractivity contribution is -0.138. The quantitative estimate of drug-likeness (QED) is 0.496. The van der Waals surface area contributed by atoms with Crippen molar-refractivity contribution in [3.05, 3.63) is 34.4 Å². The standard InChI is InChI=1S/C22H29O5P/c1-16-11-17(2)21(19(12-16)13-18-7-4-3-5-8-18)9-6-10-27-28(26)15-20(23)14-22(24)25/h11-12,18,20,23H,3-5,7-8,10,13-15H2,1-2H3/p+1. The molecule has 0 aromatic heterocycles. The summed E-state index contributed by atoms with van der Waals surface area (Å²) in [6, 6.07) is 4.34. The molecule has 1 aromatic carbocycles. The summed E-state index contributed by atoms with van der Waals surface area (Å²) < 4.78 is 16.9. The van der Waals surface area contributed by atoms with Gasteiger partial charge in [0.05, 0.1) is 6.42 Å². The zero-order valence-corrected chi connectivity index (χ0v) is 17.6. The van der Waals surface area contributed by atoms with Crippen LogP contribution in [0.25, 0.3) is 0 Å². The lowest BCUT2D eigenvalue weighted by Crippen LogP contribution is -2.15. The highest BCUT2D eigenvalue weighted by molar-refractivity contribution is 7.39. The molecule has 2 unspecified atom stereocenters. The van der Waals surface area contributed by atoms with Crippen molar-refractivity contribution in [2.24, 2.45) is 5.92 Å². The first-order valence-electron chi connectivity index (χ1n) is 9.91. The molecule has 0 saturated heterocycles. The van der Waals surface area contributed by atoms with E-state index in [-0.39, 0.29) is 12.8 Å². The number of carbonyl (C=O) groups is 1. The van der Waals surface area contributed by atoms with Crippen LogP contribution in [0.2, 0.25) is 0 Å². The van der Waals surface area contributed by atoms with E-state index in [0.717, 1.165) is 23.5 Å². The minimum atomic E-state index is -2.13. The van der Waals surface area contributed by atoms with Crippen LogP contribution in [0.15, 0.2) is 12.1 Å². The summed E-state index contributed by atoms with van der Waals surface area (Å²) in [6.45, 7) is 4.15. The molecule has 0 radical (unpaired) electrons. The highest BCUT2D eigenvalue weighted by atomic mass is 31.1. The molecule has 1 aliphatic carbocycles. The summed E-state index contributed by atoms with van der Waals surface area (Å²) in [6.07, 6.45) is 5.76. The molecule has 0 amide bonds. The topological polar surface area (TPSA) is 83.8 Å². The average molecular weight is 405 g/mol. The summed E-state index contributed by atoms with van der Waals surface area (Å²) in [4.78, 5) is 10.5. The van der Waals surface area contributed by atoms with E-state index in [1.165, 1.54) is 43.2 Å². The van der Waals surface area contributed by atoms with Crippen molar-refractivity contribution in [2.75, 3.05) is 12.8 Å². The number of hydrogen-bond acceptors (Lipinski definition) is 4. The third kappa shape index (κ3) is 7.72. The molecule has 152 valence electrons. The Balaban J connectivity index is 1.97. The van der Waals surface area contributed by atoms with Crippen molar-refractivity contribution in [2.45, 2.75) is 64.9 Å². The molecule has 1 fully saturated rings. The molecular weight excluding hydrogens is 375 g/mol. The molecule has 2 N–H and O–H groups in total. The monoisotopic (exact) mass is 405 g/mol. The van der Waals surface area contributed by atoms with Crippen LogP contribution in [0.5, 0.6) is 0 Å². The predicted molar refractivity (Wildman–Crippen MR) is 110 cm³/mol. The summed E-state index contributed by atoms with van der Waals surface area (Å²) in [5, 5.41) is 18.1. The van der Waals surface area contributed by atoms with Crippen LogP contribution < -0.4 is 0 Å². The molecule has 1 aliphatic rings. The van der Waals surface area contributed by atoms with Gasteiger partial charge in [-0.3, -0.25) is 4.79 Å². The fraction of sp³-hybridized carbons (Fsp3) is 0.591. The van der Waals surface area contributed by atoms with Crippen LogP contribution >= 0.6 is 8.03 Å². The zero-order valence-electron chi connectivity index (χ0n) is 16.7. The van der Waals surface area contributed by atoms with E-state index in [0.29, 0.717) is 0 Å². The van der Waals surface area contributed by atoms with Crippen LogP contribution in [0.4, 0.5) is 0 Å². The van der Waals surface area contributed by atoms with Crippen molar-refractivity contribution in [1.29, 1.82) is 0 Å². The highest BCUT2D eigenvalue weighted by Gasteiger charge is 2.25. The molecular formula is C22H30O5P+. The third-order valence-corrected chi connectivity index (χ3v) is 6.20. The van der Waals surface area contributed by atoms with Gasteiger partial charge in [0, 0.05) is 5.56 Å². The Morgan fingerprint density at radius 2 is 2.00 bits per heavy atom. The summed E-state index contributed by atoms with van der Waals surface area (Å²) >= 11 is 0. The van der Waals surface area contributed by atoms with Gasteiger partial charge >= 0.3 is 14.0 Å². The number of carboxylic acids is 1. The molecule has 0 aliphatic heterocycles. The molecule has 0 heterocycles. The fourth-order valence-corrected chi connectivity index (χ4v) is 4.60. The molecule has 0 spiro atoms. The number of benzene rings is 1. The molecule has 28 heavy (non-hydrogen) atoms. The molecule has 2 atom stereocenters. The molecule has 1 saturated carbocycles. The first kappa shape index (κ1) is 22.6. The van der Waals surface area contributed by atoms with Crippen LogP contribution in [-0.4, -0.2) is 35.1 Å². The summed E-state index contributed by atoms with van der Waals surface area (Å²) in [7, 11) is -2.13. The SMILES string of the molecule is Cc1cc(C)c(C#CCO[P+](=O)CC(O)CC(=O)O)c(CC2CCCCC2)c1. The van der Waals surface area contributed by atoms with Crippen LogP contribution in [0.3, 0.4) is 0 Å². The van der Waals surface area contributed by atoms with E-state index >= 15 is 0 Å². The van der Waals surface area contributed by atoms with Gasteiger partial charge in [-0.15, -0.1) is 4.52 Å². The van der Waals surface area contributed by atoms with Crippen molar-refractivity contribution in [3.63, 3.8) is 0 Å². The third-order valence-electron chi connectivity index (χ3n) is 5.06. The number of carboxylic acid groups (broad SMARTS) is 1. The van der Waals surface area contributed by atoms with Gasteiger partial charge in [0.1, 0.15) is 6.10 Å². The van der Waals surface area contributed by atoms with Crippen molar-refractivity contribution >= 4 is 14.0 Å². The molecule has 1 aromatic rings. The van der Waals surface area contributed by atoms with Gasteiger partial charge in [-0.1, -0.05) is 61.6 Å². The zero-order chi connectivity index (χ0) is 20.5. The lowest BCUT2D eigenvalue weighted by atomic mass is 9.83. The van der Waals surface area contributed by atoms with Gasteiger partial charge < -0.3 is 10.2 Å². The van der Waals surface area contributed by atoms with E-state index in [1.807, 2.05) is 0 Å². The van der Waals surface area contributed by atoms with Gasteiger partial charge in [-0.2, -0.15) is 0 Å². The van der Waals surface area contributed by atoms with Crippen molar-refractivity contribution in [1.82, 2.24) is 0 Å². The Hall–Kier alpha value is -1.73. The maximum absolute atomic E-state index is 11.8. The second-order valence-electron chi connectivity index (χ2n) is 7.67. The van der Waals surface area contributed by atoms with Gasteiger partial charge in [-0.25, -0.2) is 0 Å². The summed E-state index contributed by atoms with van der Waals surface area (Å²) in [5.74, 6) is 5.70. The summed E-state index contributed by atoms with van der Waals surface area (Å²) in [5.41, 5.74) is 4.68. The second-order valence-corrected chi connectivity index (χ2v) is 8.96. The number of aryl methyl sites for hydroxylation is 2. The van der Waals surface area contributed by atoms with E-state index in [1.54, 1.807) is 0 Å². The minimum absolute atomic E-state index is 0.00875. The first-order valence-corrected chi connectivity index (χ1v) is 11.3. The Morgan fingerprint density at radius 3 is 2.68 bits per heavy atom. The van der Waals surface area contributed by atoms with Crippen LogP contribution in [0, 0.1) is 31.6 Å². The van der Waals surface area contributed by atoms with Crippen molar-refractivity contribution < 1.29 is 24.1 Å². The second kappa shape index (κ2) is 11.3. The molecule has 2 rings (SSSR count). The smallest absolute Gasteiger partial charge is 0.481 e. The predicted octanol–water partition coefficient (Wildman–Crippen LogP) is 4.37. The lowest BCUT2D eigenvalue weighted by Gasteiger charge is -2.22. The van der Waals surface area contributed by atoms with Crippen molar-refractivity contribution in [3.8, 4) is 11.8 Å². The van der Waals surface area contributed by atoms with E-state index in [9.17, 15) is 14.5 Å². The van der Waals surface area contributed by atoms with E-state index in [4.69, 9.17) is 9.63 Å². The normalized spacial score (nSPS) is 16.2.